The zero-order valence-electron chi connectivity index (χ0n) is 16.5. The van der Waals surface area contributed by atoms with Gasteiger partial charge in [0.25, 0.3) is 0 Å². The number of benzene rings is 1. The second kappa shape index (κ2) is 11.6. The molecule has 0 saturated heterocycles. The molecule has 0 saturated carbocycles. The predicted molar refractivity (Wildman–Crippen MR) is 113 cm³/mol. The second-order valence-corrected chi connectivity index (χ2v) is 8.38. The molecule has 0 spiro atoms. The summed E-state index contributed by atoms with van der Waals surface area (Å²) in [6, 6.07) is 11.3. The highest BCUT2D eigenvalue weighted by Crippen LogP contribution is 2.17. The van der Waals surface area contributed by atoms with E-state index in [0.717, 1.165) is 0 Å². The topological polar surface area (TPSA) is 3.88 Å². The van der Waals surface area contributed by atoms with Gasteiger partial charge in [-0.15, -0.1) is 3.97 Å². The minimum Gasteiger partial charge on any atom is -0.124 e. The van der Waals surface area contributed by atoms with Crippen LogP contribution in [0.5, 0.6) is 0 Å². The Morgan fingerprint density at radius 1 is 0.760 bits per heavy atom. The Hall–Kier alpha value is -1.02. The molecule has 0 N–H and O–H groups in total. The lowest BCUT2D eigenvalue weighted by Crippen LogP contribution is -2.30. The van der Waals surface area contributed by atoms with Crippen LogP contribution in [0.15, 0.2) is 30.3 Å². The van der Waals surface area contributed by atoms with Gasteiger partial charge in [0, 0.05) is 24.4 Å². The molecular formula is C23H36NS+. The van der Waals surface area contributed by atoms with Gasteiger partial charge in [0.05, 0.1) is 5.75 Å². The summed E-state index contributed by atoms with van der Waals surface area (Å²) < 4.78 is 2.42. The fourth-order valence-electron chi connectivity index (χ4n) is 3.38. The van der Waals surface area contributed by atoms with E-state index >= 15 is 0 Å². The molecule has 0 amide bonds. The lowest BCUT2D eigenvalue weighted by molar-refractivity contribution is -0.471. The Bertz CT molecular complexity index is 635. The SMILES string of the molecule is CCCCCCCCCCCCS[n+]1c(C)ccc2cc(C)ccc21. The summed E-state index contributed by atoms with van der Waals surface area (Å²) in [6.07, 6.45) is 14.1. The molecule has 0 aliphatic carbocycles. The van der Waals surface area contributed by atoms with Crippen molar-refractivity contribution >= 4 is 22.9 Å². The van der Waals surface area contributed by atoms with Crippen molar-refractivity contribution in [1.29, 1.82) is 0 Å². The maximum absolute atomic E-state index is 2.42. The van der Waals surface area contributed by atoms with E-state index in [-0.39, 0.29) is 0 Å². The Morgan fingerprint density at radius 3 is 2.08 bits per heavy atom. The van der Waals surface area contributed by atoms with Gasteiger partial charge < -0.3 is 0 Å². The van der Waals surface area contributed by atoms with Crippen LogP contribution in [0, 0.1) is 13.8 Å². The van der Waals surface area contributed by atoms with Crippen LogP contribution in [0.4, 0.5) is 0 Å². The first-order valence-corrected chi connectivity index (χ1v) is 11.2. The molecule has 2 rings (SSSR count). The fraction of sp³-hybridized carbons (Fsp3) is 0.609. The summed E-state index contributed by atoms with van der Waals surface area (Å²) in [7, 11) is 0. The lowest BCUT2D eigenvalue weighted by Gasteiger charge is -2.04. The molecule has 138 valence electrons. The number of aromatic nitrogens is 1. The van der Waals surface area contributed by atoms with Crippen molar-refractivity contribution in [2.75, 3.05) is 5.75 Å². The number of nitrogens with zero attached hydrogens (tertiary/aromatic N) is 1. The number of unbranched alkanes of at least 4 members (excludes halogenated alkanes) is 9. The van der Waals surface area contributed by atoms with Crippen LogP contribution in [0.2, 0.25) is 0 Å². The molecule has 0 unspecified atom stereocenters. The van der Waals surface area contributed by atoms with E-state index in [1.54, 1.807) is 0 Å². The zero-order chi connectivity index (χ0) is 17.9. The van der Waals surface area contributed by atoms with Gasteiger partial charge in [0.2, 0.25) is 5.52 Å². The third-order valence-corrected chi connectivity index (χ3v) is 6.16. The number of aryl methyl sites for hydroxylation is 2. The quantitative estimate of drug-likeness (QED) is 0.287. The molecule has 25 heavy (non-hydrogen) atoms. The van der Waals surface area contributed by atoms with Gasteiger partial charge in [-0.3, -0.25) is 0 Å². The normalized spacial score (nSPS) is 11.3. The molecule has 0 radical (unpaired) electrons. The van der Waals surface area contributed by atoms with E-state index in [1.807, 2.05) is 11.9 Å². The molecular weight excluding hydrogens is 322 g/mol. The average molecular weight is 359 g/mol. The van der Waals surface area contributed by atoms with Crippen molar-refractivity contribution in [3.05, 3.63) is 41.6 Å². The molecule has 0 aliphatic rings. The number of hydrogen-bond donors (Lipinski definition) is 0. The summed E-state index contributed by atoms with van der Waals surface area (Å²) in [6.45, 7) is 6.67. The Labute approximate surface area is 159 Å². The smallest absolute Gasteiger partial charge is 0.124 e. The second-order valence-electron chi connectivity index (χ2n) is 7.35. The highest BCUT2D eigenvalue weighted by molar-refractivity contribution is 7.92. The Morgan fingerprint density at radius 2 is 1.40 bits per heavy atom. The van der Waals surface area contributed by atoms with E-state index in [4.69, 9.17) is 0 Å². The van der Waals surface area contributed by atoms with E-state index in [1.165, 1.54) is 92.1 Å². The molecule has 0 bridgehead atoms. The molecule has 1 aromatic heterocycles. The summed E-state index contributed by atoms with van der Waals surface area (Å²) in [5, 5.41) is 1.35. The van der Waals surface area contributed by atoms with Crippen molar-refractivity contribution in [2.24, 2.45) is 0 Å². The van der Waals surface area contributed by atoms with Crippen molar-refractivity contribution in [2.45, 2.75) is 85.0 Å². The zero-order valence-corrected chi connectivity index (χ0v) is 17.3. The van der Waals surface area contributed by atoms with Crippen LogP contribution >= 0.6 is 11.9 Å². The Balaban J connectivity index is 1.65. The first-order valence-electron chi connectivity index (χ1n) is 10.3. The van der Waals surface area contributed by atoms with Crippen molar-refractivity contribution in [1.82, 2.24) is 0 Å². The molecule has 1 aromatic carbocycles. The van der Waals surface area contributed by atoms with Gasteiger partial charge in [-0.25, -0.2) is 0 Å². The molecule has 1 nitrogen and oxygen atoms in total. The van der Waals surface area contributed by atoms with Gasteiger partial charge in [-0.2, -0.15) is 0 Å². The van der Waals surface area contributed by atoms with Crippen molar-refractivity contribution in [3.63, 3.8) is 0 Å². The first kappa shape index (κ1) is 20.3. The van der Waals surface area contributed by atoms with Crippen molar-refractivity contribution in [3.8, 4) is 0 Å². The van der Waals surface area contributed by atoms with Crippen LogP contribution in [0.1, 0.15) is 82.4 Å². The summed E-state index contributed by atoms with van der Waals surface area (Å²) in [5.41, 5.74) is 4.03. The summed E-state index contributed by atoms with van der Waals surface area (Å²) in [4.78, 5) is 0. The predicted octanol–water partition coefficient (Wildman–Crippen LogP) is 7.16. The van der Waals surface area contributed by atoms with E-state index in [0.29, 0.717) is 0 Å². The van der Waals surface area contributed by atoms with Crippen LogP contribution in [-0.4, -0.2) is 5.75 Å². The Kier molecular flexibility index (Phi) is 9.39. The summed E-state index contributed by atoms with van der Waals surface area (Å²) in [5.74, 6) is 1.22. The summed E-state index contributed by atoms with van der Waals surface area (Å²) >= 11 is 1.98. The number of pyridine rings is 1. The minimum atomic E-state index is 1.22. The van der Waals surface area contributed by atoms with Crippen LogP contribution in [-0.2, 0) is 0 Å². The van der Waals surface area contributed by atoms with Gasteiger partial charge in [-0.1, -0.05) is 76.3 Å². The average Bonchev–Trinajstić information content (AvgIpc) is 2.61. The molecule has 0 atom stereocenters. The molecule has 2 aromatic rings. The van der Waals surface area contributed by atoms with Gasteiger partial charge >= 0.3 is 0 Å². The third kappa shape index (κ3) is 7.01. The molecule has 2 heteroatoms. The van der Waals surface area contributed by atoms with E-state index < -0.39 is 0 Å². The number of rotatable bonds is 12. The van der Waals surface area contributed by atoms with Gasteiger partial charge in [0.15, 0.2) is 17.6 Å². The highest BCUT2D eigenvalue weighted by atomic mass is 32.2. The maximum Gasteiger partial charge on any atom is 0.226 e. The largest absolute Gasteiger partial charge is 0.226 e. The van der Waals surface area contributed by atoms with E-state index in [9.17, 15) is 0 Å². The number of fused-ring (bicyclic) bond motifs is 1. The fourth-order valence-corrected chi connectivity index (χ4v) is 4.46. The van der Waals surface area contributed by atoms with E-state index in [2.05, 4.69) is 55.1 Å². The van der Waals surface area contributed by atoms with Gasteiger partial charge in [-0.05, 0) is 25.5 Å². The first-order chi connectivity index (χ1) is 12.2. The van der Waals surface area contributed by atoms with Crippen LogP contribution in [0.25, 0.3) is 10.9 Å². The lowest BCUT2D eigenvalue weighted by atomic mass is 10.1. The number of hydrogen-bond acceptors (Lipinski definition) is 1. The highest BCUT2D eigenvalue weighted by Gasteiger charge is 2.14. The van der Waals surface area contributed by atoms with Crippen LogP contribution < -0.4 is 3.97 Å². The maximum atomic E-state index is 2.42. The monoisotopic (exact) mass is 358 g/mol. The standard InChI is InChI=1S/C23H36NS/c1-4-5-6-7-8-9-10-11-12-13-18-25-24-21(3)15-16-22-19-20(2)14-17-23(22)24/h14-17,19H,4-13,18H2,1-3H3/q+1. The molecule has 0 aliphatic heterocycles. The van der Waals surface area contributed by atoms with Crippen molar-refractivity contribution < 1.29 is 3.97 Å². The minimum absolute atomic E-state index is 1.22. The third-order valence-electron chi connectivity index (χ3n) is 4.94. The van der Waals surface area contributed by atoms with Crippen LogP contribution in [0.3, 0.4) is 0 Å². The molecule has 1 heterocycles. The molecule has 0 fully saturated rings. The van der Waals surface area contributed by atoms with Gasteiger partial charge in [0.1, 0.15) is 0 Å².